The van der Waals surface area contributed by atoms with E-state index in [1.165, 1.54) is 0 Å². The summed E-state index contributed by atoms with van der Waals surface area (Å²) in [5, 5.41) is 0. The number of hydrogen-bond acceptors (Lipinski definition) is 2. The molecule has 0 aliphatic heterocycles. The van der Waals surface area contributed by atoms with E-state index in [4.69, 9.17) is 4.74 Å². The fourth-order valence-electron chi connectivity index (χ4n) is 1.36. The Balaban J connectivity index is 2.99. The normalized spacial score (nSPS) is 11.4. The van der Waals surface area contributed by atoms with Crippen molar-refractivity contribution < 1.29 is 9.53 Å². The first kappa shape index (κ1) is 10.8. The van der Waals surface area contributed by atoms with Gasteiger partial charge in [-0.05, 0) is 17.9 Å². The number of nitrogens with one attached hydrogen (secondary N) is 1. The Morgan fingerprint density at radius 2 is 2.07 bits per heavy atom. The van der Waals surface area contributed by atoms with E-state index in [0.29, 0.717) is 12.2 Å². The van der Waals surface area contributed by atoms with Crippen molar-refractivity contribution in [2.75, 3.05) is 6.61 Å². The molecule has 0 aliphatic rings. The lowest BCUT2D eigenvalue weighted by Gasteiger charge is -2.18. The van der Waals surface area contributed by atoms with Gasteiger partial charge < -0.3 is 9.72 Å². The van der Waals surface area contributed by atoms with Gasteiger partial charge in [0.2, 0.25) is 0 Å². The Morgan fingerprint density at radius 1 is 1.43 bits per heavy atom. The van der Waals surface area contributed by atoms with Gasteiger partial charge in [-0.25, -0.2) is 4.79 Å². The first-order valence-electron chi connectivity index (χ1n) is 4.81. The molecule has 3 nitrogen and oxygen atoms in total. The molecule has 0 aliphatic carbocycles. The average molecular weight is 195 g/mol. The standard InChI is InChI=1S/C11H17NO2/c1-5-14-10(13)8-6-12-7-9(8)11(2,3)4/h6-7,12H,5H2,1-4H3. The van der Waals surface area contributed by atoms with E-state index < -0.39 is 0 Å². The van der Waals surface area contributed by atoms with Crippen molar-refractivity contribution in [3.8, 4) is 0 Å². The predicted octanol–water partition coefficient (Wildman–Crippen LogP) is 2.49. The fourth-order valence-corrected chi connectivity index (χ4v) is 1.36. The number of ether oxygens (including phenoxy) is 1. The van der Waals surface area contributed by atoms with Crippen molar-refractivity contribution in [3.05, 3.63) is 23.5 Å². The molecule has 1 N–H and O–H groups in total. The Kier molecular flexibility index (Phi) is 2.99. The highest BCUT2D eigenvalue weighted by atomic mass is 16.5. The van der Waals surface area contributed by atoms with E-state index in [1.807, 2.05) is 6.20 Å². The van der Waals surface area contributed by atoms with Crippen LogP contribution in [0.1, 0.15) is 43.6 Å². The van der Waals surface area contributed by atoms with Crippen molar-refractivity contribution in [2.45, 2.75) is 33.1 Å². The van der Waals surface area contributed by atoms with Crippen molar-refractivity contribution in [1.82, 2.24) is 4.98 Å². The van der Waals surface area contributed by atoms with Gasteiger partial charge in [-0.1, -0.05) is 20.8 Å². The van der Waals surface area contributed by atoms with Crippen LogP contribution >= 0.6 is 0 Å². The summed E-state index contributed by atoms with van der Waals surface area (Å²) in [7, 11) is 0. The lowest BCUT2D eigenvalue weighted by Crippen LogP contribution is -2.16. The third-order valence-corrected chi connectivity index (χ3v) is 2.05. The van der Waals surface area contributed by atoms with E-state index in [1.54, 1.807) is 13.1 Å². The summed E-state index contributed by atoms with van der Waals surface area (Å²) < 4.78 is 4.96. The highest BCUT2D eigenvalue weighted by Gasteiger charge is 2.23. The van der Waals surface area contributed by atoms with Gasteiger partial charge in [0.15, 0.2) is 0 Å². The lowest BCUT2D eigenvalue weighted by molar-refractivity contribution is 0.0524. The van der Waals surface area contributed by atoms with Crippen LogP contribution < -0.4 is 0 Å². The largest absolute Gasteiger partial charge is 0.462 e. The minimum Gasteiger partial charge on any atom is -0.462 e. The molecular weight excluding hydrogens is 178 g/mol. The Hall–Kier alpha value is -1.25. The number of carbonyl (C=O) groups is 1. The van der Waals surface area contributed by atoms with Crippen LogP contribution in [0.3, 0.4) is 0 Å². The number of carbonyl (C=O) groups excluding carboxylic acids is 1. The van der Waals surface area contributed by atoms with Gasteiger partial charge >= 0.3 is 5.97 Å². The third-order valence-electron chi connectivity index (χ3n) is 2.05. The van der Waals surface area contributed by atoms with Gasteiger partial charge in [-0.2, -0.15) is 0 Å². The molecule has 0 spiro atoms. The van der Waals surface area contributed by atoms with Crippen LogP contribution in [0.25, 0.3) is 0 Å². The van der Waals surface area contributed by atoms with Gasteiger partial charge in [-0.15, -0.1) is 0 Å². The summed E-state index contributed by atoms with van der Waals surface area (Å²) in [6, 6.07) is 0. The minimum atomic E-state index is -0.251. The van der Waals surface area contributed by atoms with Crippen molar-refractivity contribution >= 4 is 5.97 Å². The average Bonchev–Trinajstić information content (AvgIpc) is 2.50. The third kappa shape index (κ3) is 2.16. The SMILES string of the molecule is CCOC(=O)c1c[nH]cc1C(C)(C)C. The van der Waals surface area contributed by atoms with Gasteiger partial charge in [0.25, 0.3) is 0 Å². The molecule has 14 heavy (non-hydrogen) atoms. The van der Waals surface area contributed by atoms with Gasteiger partial charge in [0, 0.05) is 12.4 Å². The number of esters is 1. The number of aromatic nitrogens is 1. The molecule has 0 aromatic carbocycles. The molecule has 0 saturated heterocycles. The van der Waals surface area contributed by atoms with Crippen LogP contribution in [0.2, 0.25) is 0 Å². The van der Waals surface area contributed by atoms with Gasteiger partial charge in [0.1, 0.15) is 0 Å². The first-order chi connectivity index (χ1) is 6.46. The second-order valence-corrected chi connectivity index (χ2v) is 4.25. The maximum atomic E-state index is 11.5. The molecule has 78 valence electrons. The van der Waals surface area contributed by atoms with E-state index in [9.17, 15) is 4.79 Å². The summed E-state index contributed by atoms with van der Waals surface area (Å²) in [5.74, 6) is -0.251. The topological polar surface area (TPSA) is 42.1 Å². The lowest BCUT2D eigenvalue weighted by atomic mass is 9.86. The molecule has 0 unspecified atom stereocenters. The van der Waals surface area contributed by atoms with E-state index in [2.05, 4.69) is 25.8 Å². The zero-order valence-corrected chi connectivity index (χ0v) is 9.18. The van der Waals surface area contributed by atoms with Crippen LogP contribution in [0.15, 0.2) is 12.4 Å². The molecular formula is C11H17NO2. The number of rotatable bonds is 2. The summed E-state index contributed by atoms with van der Waals surface area (Å²) in [5.41, 5.74) is 1.59. The van der Waals surface area contributed by atoms with Crippen molar-refractivity contribution in [1.29, 1.82) is 0 Å². The van der Waals surface area contributed by atoms with E-state index >= 15 is 0 Å². The molecule has 0 radical (unpaired) electrons. The minimum absolute atomic E-state index is 0.0396. The molecule has 0 amide bonds. The highest BCUT2D eigenvalue weighted by Crippen LogP contribution is 2.25. The zero-order chi connectivity index (χ0) is 10.8. The molecule has 1 rings (SSSR count). The van der Waals surface area contributed by atoms with E-state index in [0.717, 1.165) is 5.56 Å². The molecule has 1 aromatic heterocycles. The summed E-state index contributed by atoms with van der Waals surface area (Å²) >= 11 is 0. The summed E-state index contributed by atoms with van der Waals surface area (Å²) in [6.45, 7) is 8.42. The van der Waals surface area contributed by atoms with Crippen molar-refractivity contribution in [3.63, 3.8) is 0 Å². The van der Waals surface area contributed by atoms with Crippen molar-refractivity contribution in [2.24, 2.45) is 0 Å². The molecule has 1 aromatic rings. The van der Waals surface area contributed by atoms with Gasteiger partial charge in [-0.3, -0.25) is 0 Å². The van der Waals surface area contributed by atoms with Crippen LogP contribution in [0.5, 0.6) is 0 Å². The molecule has 3 heteroatoms. The Labute approximate surface area is 84.5 Å². The fraction of sp³-hybridized carbons (Fsp3) is 0.545. The second kappa shape index (κ2) is 3.86. The van der Waals surface area contributed by atoms with Crippen LogP contribution in [-0.2, 0) is 10.2 Å². The smallest absolute Gasteiger partial charge is 0.339 e. The highest BCUT2D eigenvalue weighted by molar-refractivity contribution is 5.91. The predicted molar refractivity (Wildman–Crippen MR) is 55.4 cm³/mol. The van der Waals surface area contributed by atoms with Crippen LogP contribution in [-0.4, -0.2) is 17.6 Å². The number of aromatic amines is 1. The van der Waals surface area contributed by atoms with Crippen LogP contribution in [0, 0.1) is 0 Å². The molecule has 0 atom stereocenters. The molecule has 0 fully saturated rings. The van der Waals surface area contributed by atoms with Crippen LogP contribution in [0.4, 0.5) is 0 Å². The number of hydrogen-bond donors (Lipinski definition) is 1. The quantitative estimate of drug-likeness (QED) is 0.737. The summed E-state index contributed by atoms with van der Waals surface area (Å²) in [6.07, 6.45) is 3.55. The Morgan fingerprint density at radius 3 is 2.57 bits per heavy atom. The van der Waals surface area contributed by atoms with E-state index in [-0.39, 0.29) is 11.4 Å². The Bertz CT molecular complexity index is 320. The molecule has 0 saturated carbocycles. The summed E-state index contributed by atoms with van der Waals surface area (Å²) in [4.78, 5) is 14.5. The first-order valence-corrected chi connectivity index (χ1v) is 4.81. The molecule has 1 heterocycles. The maximum Gasteiger partial charge on any atom is 0.339 e. The zero-order valence-electron chi connectivity index (χ0n) is 9.18. The monoisotopic (exact) mass is 195 g/mol. The van der Waals surface area contributed by atoms with Gasteiger partial charge in [0.05, 0.1) is 12.2 Å². The molecule has 0 bridgehead atoms. The maximum absolute atomic E-state index is 11.5. The second-order valence-electron chi connectivity index (χ2n) is 4.25. The number of H-pyrrole nitrogens is 1.